The lowest BCUT2D eigenvalue weighted by Crippen LogP contribution is -2.53. The van der Waals surface area contributed by atoms with Gasteiger partial charge in [0.25, 0.3) is 5.91 Å². The van der Waals surface area contributed by atoms with Crippen molar-refractivity contribution in [1.82, 2.24) is 20.0 Å². The fraction of sp³-hybridized carbons (Fsp3) is 0.389. The molecule has 1 aromatic carbocycles. The van der Waals surface area contributed by atoms with Gasteiger partial charge in [-0.3, -0.25) is 14.3 Å². The Bertz CT molecular complexity index is 702. The maximum Gasteiger partial charge on any atom is 0.251 e. The number of nitrogens with one attached hydrogen (secondary N) is 1. The summed E-state index contributed by atoms with van der Waals surface area (Å²) in [6, 6.07) is 10.9. The number of aryl methyl sites for hydroxylation is 1. The fourth-order valence-electron chi connectivity index (χ4n) is 2.97. The van der Waals surface area contributed by atoms with E-state index < -0.39 is 12.1 Å². The molecule has 2 amide bonds. The molecule has 7 heteroatoms. The average Bonchev–Trinajstić information content (AvgIpc) is 3.15. The Hall–Kier alpha value is -2.67. The summed E-state index contributed by atoms with van der Waals surface area (Å²) in [4.78, 5) is 26.2. The van der Waals surface area contributed by atoms with Crippen molar-refractivity contribution in [3.05, 3.63) is 54.4 Å². The Morgan fingerprint density at radius 3 is 2.84 bits per heavy atom. The van der Waals surface area contributed by atoms with Crippen LogP contribution in [-0.2, 0) is 20.9 Å². The van der Waals surface area contributed by atoms with Crippen molar-refractivity contribution in [3.8, 4) is 0 Å². The molecule has 1 fully saturated rings. The summed E-state index contributed by atoms with van der Waals surface area (Å²) in [5.74, 6) is -0.328. The molecular formula is C18H22N4O3. The Balaban J connectivity index is 1.61. The van der Waals surface area contributed by atoms with Crippen LogP contribution >= 0.6 is 0 Å². The van der Waals surface area contributed by atoms with Gasteiger partial charge in [-0.1, -0.05) is 30.3 Å². The van der Waals surface area contributed by atoms with E-state index >= 15 is 0 Å². The van der Waals surface area contributed by atoms with E-state index in [0.717, 1.165) is 18.5 Å². The van der Waals surface area contributed by atoms with Gasteiger partial charge in [0.2, 0.25) is 5.91 Å². The third-order valence-electron chi connectivity index (χ3n) is 4.31. The minimum absolute atomic E-state index is 0.0782. The van der Waals surface area contributed by atoms with Crippen molar-refractivity contribution in [1.29, 1.82) is 0 Å². The lowest BCUT2D eigenvalue weighted by atomic mass is 9.97. The Morgan fingerprint density at radius 1 is 1.32 bits per heavy atom. The molecule has 0 spiro atoms. The third kappa shape index (κ3) is 4.06. The van der Waals surface area contributed by atoms with Gasteiger partial charge in [0.05, 0.1) is 6.04 Å². The summed E-state index contributed by atoms with van der Waals surface area (Å²) in [5, 5.41) is 7.03. The van der Waals surface area contributed by atoms with Crippen molar-refractivity contribution >= 4 is 11.8 Å². The molecule has 7 nitrogen and oxygen atoms in total. The molecule has 132 valence electrons. The number of amides is 2. The van der Waals surface area contributed by atoms with Gasteiger partial charge in [-0.25, -0.2) is 0 Å². The van der Waals surface area contributed by atoms with Gasteiger partial charge >= 0.3 is 0 Å². The predicted molar refractivity (Wildman–Crippen MR) is 91.5 cm³/mol. The molecule has 25 heavy (non-hydrogen) atoms. The topological polar surface area (TPSA) is 76.5 Å². The van der Waals surface area contributed by atoms with Crippen LogP contribution in [0.1, 0.15) is 18.0 Å². The zero-order chi connectivity index (χ0) is 17.6. The molecule has 2 heterocycles. The quantitative estimate of drug-likeness (QED) is 0.794. The van der Waals surface area contributed by atoms with Gasteiger partial charge < -0.3 is 15.0 Å². The number of hydrogen-bond donors (Lipinski definition) is 1. The van der Waals surface area contributed by atoms with Crippen LogP contribution in [0, 0.1) is 0 Å². The largest absolute Gasteiger partial charge is 0.356 e. The van der Waals surface area contributed by atoms with Crippen molar-refractivity contribution in [2.45, 2.75) is 25.1 Å². The Labute approximate surface area is 146 Å². The zero-order valence-corrected chi connectivity index (χ0v) is 14.2. The highest BCUT2D eigenvalue weighted by Crippen LogP contribution is 2.28. The number of likely N-dealkylation sites (N-methyl/N-ethyl adjacent to an activating group) is 1. The molecule has 1 aliphatic heterocycles. The number of carbonyl (C=O) groups excluding carboxylic acids is 2. The highest BCUT2D eigenvalue weighted by Gasteiger charge is 2.39. The molecule has 0 unspecified atom stereocenters. The normalized spacial score (nSPS) is 20.5. The number of rotatable bonds is 6. The van der Waals surface area contributed by atoms with Gasteiger partial charge in [-0.15, -0.1) is 0 Å². The zero-order valence-electron chi connectivity index (χ0n) is 14.2. The highest BCUT2D eigenvalue weighted by atomic mass is 16.5. The van der Waals surface area contributed by atoms with Crippen molar-refractivity contribution in [2.24, 2.45) is 0 Å². The number of carbonyl (C=O) groups is 2. The number of hydrogen-bond acceptors (Lipinski definition) is 4. The molecule has 1 aliphatic rings. The monoisotopic (exact) mass is 342 g/mol. The second-order valence-corrected chi connectivity index (χ2v) is 6.01. The Morgan fingerprint density at radius 2 is 2.12 bits per heavy atom. The molecule has 2 atom stereocenters. The molecular weight excluding hydrogens is 320 g/mol. The van der Waals surface area contributed by atoms with Crippen LogP contribution in [0.25, 0.3) is 0 Å². The molecule has 3 rings (SSSR count). The number of benzene rings is 1. The maximum atomic E-state index is 12.6. The van der Waals surface area contributed by atoms with E-state index in [1.807, 2.05) is 47.3 Å². The summed E-state index contributed by atoms with van der Waals surface area (Å²) in [7, 11) is 1.71. The van der Waals surface area contributed by atoms with E-state index in [-0.39, 0.29) is 18.4 Å². The third-order valence-corrected chi connectivity index (χ3v) is 4.31. The first-order chi connectivity index (χ1) is 12.2. The minimum Gasteiger partial charge on any atom is -0.356 e. The molecule has 1 N–H and O–H groups in total. The van der Waals surface area contributed by atoms with Crippen molar-refractivity contribution < 1.29 is 14.3 Å². The number of aromatic nitrogens is 2. The molecule has 0 saturated carbocycles. The lowest BCUT2D eigenvalue weighted by molar-refractivity contribution is -0.162. The summed E-state index contributed by atoms with van der Waals surface area (Å²) >= 11 is 0. The van der Waals surface area contributed by atoms with E-state index in [0.29, 0.717) is 6.54 Å². The van der Waals surface area contributed by atoms with Crippen LogP contribution in [0.15, 0.2) is 48.8 Å². The number of nitrogens with zero attached hydrogens (tertiary/aromatic N) is 3. The van der Waals surface area contributed by atoms with Crippen LogP contribution in [-0.4, -0.2) is 52.8 Å². The lowest BCUT2D eigenvalue weighted by Gasteiger charge is -2.38. The smallest absolute Gasteiger partial charge is 0.251 e. The number of morpholine rings is 1. The van der Waals surface area contributed by atoms with E-state index in [4.69, 9.17) is 4.74 Å². The summed E-state index contributed by atoms with van der Waals surface area (Å²) in [6.45, 7) is 1.18. The standard InChI is InChI=1S/C18H22N4O3/c1-21-15(23)13-25-17(16(21)14-7-3-2-4-8-14)18(24)19-9-5-11-22-12-6-10-20-22/h2-4,6-8,10,12,16-17H,5,9,11,13H2,1H3,(H,19,24)/t16-,17+/m1/s1. The summed E-state index contributed by atoms with van der Waals surface area (Å²) in [6.07, 6.45) is 3.67. The highest BCUT2D eigenvalue weighted by molar-refractivity contribution is 5.86. The molecule has 0 radical (unpaired) electrons. The van der Waals surface area contributed by atoms with Crippen LogP contribution in [0.4, 0.5) is 0 Å². The molecule has 1 saturated heterocycles. The van der Waals surface area contributed by atoms with Crippen LogP contribution in [0.2, 0.25) is 0 Å². The van der Waals surface area contributed by atoms with E-state index in [2.05, 4.69) is 10.4 Å². The average molecular weight is 342 g/mol. The predicted octanol–water partition coefficient (Wildman–Crippen LogP) is 0.988. The molecule has 1 aromatic heterocycles. The van der Waals surface area contributed by atoms with Crippen LogP contribution in [0.5, 0.6) is 0 Å². The van der Waals surface area contributed by atoms with Crippen LogP contribution < -0.4 is 5.32 Å². The van der Waals surface area contributed by atoms with E-state index in [1.165, 1.54) is 0 Å². The van der Waals surface area contributed by atoms with Gasteiger partial charge in [0.1, 0.15) is 6.61 Å². The first kappa shape index (κ1) is 17.2. The fourth-order valence-corrected chi connectivity index (χ4v) is 2.97. The van der Waals surface area contributed by atoms with E-state index in [9.17, 15) is 9.59 Å². The molecule has 2 aromatic rings. The number of ether oxygens (including phenoxy) is 1. The first-order valence-electron chi connectivity index (χ1n) is 8.34. The van der Waals surface area contributed by atoms with Gasteiger partial charge in [0.15, 0.2) is 6.10 Å². The molecule has 0 bridgehead atoms. The van der Waals surface area contributed by atoms with Gasteiger partial charge in [-0.2, -0.15) is 5.10 Å². The summed E-state index contributed by atoms with van der Waals surface area (Å²) < 4.78 is 7.39. The van der Waals surface area contributed by atoms with Crippen molar-refractivity contribution in [2.75, 3.05) is 20.2 Å². The van der Waals surface area contributed by atoms with E-state index in [1.54, 1.807) is 18.1 Å². The van der Waals surface area contributed by atoms with Gasteiger partial charge in [-0.05, 0) is 18.1 Å². The minimum atomic E-state index is -0.713. The van der Waals surface area contributed by atoms with Crippen LogP contribution in [0.3, 0.4) is 0 Å². The van der Waals surface area contributed by atoms with Gasteiger partial charge in [0, 0.05) is 32.5 Å². The second-order valence-electron chi connectivity index (χ2n) is 6.01. The SMILES string of the molecule is CN1C(=O)CO[C@H](C(=O)NCCCn2cccn2)[C@H]1c1ccccc1. The summed E-state index contributed by atoms with van der Waals surface area (Å²) in [5.41, 5.74) is 0.884. The first-order valence-corrected chi connectivity index (χ1v) is 8.34. The molecule has 0 aliphatic carbocycles. The second kappa shape index (κ2) is 7.94. The maximum absolute atomic E-state index is 12.6. The van der Waals surface area contributed by atoms with Crippen molar-refractivity contribution in [3.63, 3.8) is 0 Å². The Kier molecular flexibility index (Phi) is 5.45.